The molecule has 0 saturated carbocycles. The zero-order valence-electron chi connectivity index (χ0n) is 9.08. The fourth-order valence-corrected chi connectivity index (χ4v) is 1.28. The lowest BCUT2D eigenvalue weighted by Gasteiger charge is -2.16. The summed E-state index contributed by atoms with van der Waals surface area (Å²) in [5.41, 5.74) is 0.606. The molecule has 1 aromatic rings. The van der Waals surface area contributed by atoms with Crippen LogP contribution < -0.4 is 4.74 Å². The van der Waals surface area contributed by atoms with Gasteiger partial charge in [0.05, 0.1) is 12.7 Å². The van der Waals surface area contributed by atoms with Crippen LogP contribution in [0.15, 0.2) is 24.3 Å². The Kier molecular flexibility index (Phi) is 3.53. The molecule has 0 radical (unpaired) electrons. The van der Waals surface area contributed by atoms with Crippen LogP contribution in [0.3, 0.4) is 0 Å². The molecule has 2 nitrogen and oxygen atoms in total. The summed E-state index contributed by atoms with van der Waals surface area (Å²) in [5, 5.41) is 9.57. The van der Waals surface area contributed by atoms with Gasteiger partial charge in [0.1, 0.15) is 5.75 Å². The summed E-state index contributed by atoms with van der Waals surface area (Å²) in [4.78, 5) is 0. The van der Waals surface area contributed by atoms with Gasteiger partial charge in [-0.2, -0.15) is 0 Å². The van der Waals surface area contributed by atoms with Crippen molar-refractivity contribution in [1.82, 2.24) is 0 Å². The summed E-state index contributed by atoms with van der Waals surface area (Å²) < 4.78 is 5.12. The highest BCUT2D eigenvalue weighted by Gasteiger charge is 2.11. The van der Waals surface area contributed by atoms with E-state index in [1.54, 1.807) is 7.11 Å². The number of methoxy groups -OCH3 is 1. The summed E-state index contributed by atoms with van der Waals surface area (Å²) in [6, 6.07) is 7.95. The first-order chi connectivity index (χ1) is 6.51. The molecule has 0 saturated heterocycles. The lowest BCUT2D eigenvalue weighted by Crippen LogP contribution is -2.19. The van der Waals surface area contributed by atoms with Crippen molar-refractivity contribution in [3.63, 3.8) is 0 Å². The average molecular weight is 194 g/mol. The second kappa shape index (κ2) is 4.47. The van der Waals surface area contributed by atoms with Crippen molar-refractivity contribution in [2.75, 3.05) is 7.11 Å². The molecule has 0 heterocycles. The molecule has 0 bridgehead atoms. The fraction of sp³-hybridized carbons (Fsp3) is 0.500. The SMILES string of the molecule is COc1cccc(CCC(C)(C)O)c1. The monoisotopic (exact) mass is 194 g/mol. The molecule has 2 heteroatoms. The molecular formula is C12H18O2. The molecule has 0 amide bonds. The topological polar surface area (TPSA) is 29.5 Å². The van der Waals surface area contributed by atoms with Crippen molar-refractivity contribution >= 4 is 0 Å². The Balaban J connectivity index is 2.59. The fourth-order valence-electron chi connectivity index (χ4n) is 1.28. The molecule has 78 valence electrons. The molecule has 0 spiro atoms. The Morgan fingerprint density at radius 2 is 2.07 bits per heavy atom. The zero-order valence-corrected chi connectivity index (χ0v) is 9.08. The molecule has 0 aliphatic carbocycles. The van der Waals surface area contributed by atoms with E-state index in [1.807, 2.05) is 38.1 Å². The minimum absolute atomic E-state index is 0.594. The maximum absolute atomic E-state index is 9.57. The lowest BCUT2D eigenvalue weighted by atomic mass is 9.99. The minimum atomic E-state index is -0.594. The van der Waals surface area contributed by atoms with Gasteiger partial charge in [-0.3, -0.25) is 0 Å². The molecule has 0 aliphatic rings. The van der Waals surface area contributed by atoms with Crippen LogP contribution in [0.1, 0.15) is 25.8 Å². The van der Waals surface area contributed by atoms with E-state index < -0.39 is 5.60 Å². The van der Waals surface area contributed by atoms with E-state index in [0.29, 0.717) is 0 Å². The van der Waals surface area contributed by atoms with Gasteiger partial charge in [0.25, 0.3) is 0 Å². The molecule has 1 aromatic carbocycles. The predicted molar refractivity (Wildman–Crippen MR) is 57.6 cm³/mol. The molecular weight excluding hydrogens is 176 g/mol. The van der Waals surface area contributed by atoms with Gasteiger partial charge < -0.3 is 9.84 Å². The summed E-state index contributed by atoms with van der Waals surface area (Å²) in [6.07, 6.45) is 1.64. The Morgan fingerprint density at radius 1 is 1.36 bits per heavy atom. The van der Waals surface area contributed by atoms with Gasteiger partial charge in [-0.1, -0.05) is 12.1 Å². The third kappa shape index (κ3) is 3.79. The smallest absolute Gasteiger partial charge is 0.119 e. The minimum Gasteiger partial charge on any atom is -0.497 e. The van der Waals surface area contributed by atoms with Crippen LogP contribution in [-0.4, -0.2) is 17.8 Å². The van der Waals surface area contributed by atoms with Gasteiger partial charge in [-0.25, -0.2) is 0 Å². The van der Waals surface area contributed by atoms with Gasteiger partial charge in [0, 0.05) is 0 Å². The predicted octanol–water partition coefficient (Wildman–Crippen LogP) is 2.40. The van der Waals surface area contributed by atoms with Crippen molar-refractivity contribution in [1.29, 1.82) is 0 Å². The number of aliphatic hydroxyl groups is 1. The van der Waals surface area contributed by atoms with Gasteiger partial charge >= 0.3 is 0 Å². The van der Waals surface area contributed by atoms with Gasteiger partial charge in [0.2, 0.25) is 0 Å². The highest BCUT2D eigenvalue weighted by molar-refractivity contribution is 5.28. The molecule has 1 N–H and O–H groups in total. The number of ether oxygens (including phenoxy) is 1. The molecule has 0 aromatic heterocycles. The molecule has 0 unspecified atom stereocenters. The van der Waals surface area contributed by atoms with E-state index in [1.165, 1.54) is 5.56 Å². The van der Waals surface area contributed by atoms with Gasteiger partial charge in [0.15, 0.2) is 0 Å². The lowest BCUT2D eigenvalue weighted by molar-refractivity contribution is 0.0714. The van der Waals surface area contributed by atoms with E-state index in [0.717, 1.165) is 18.6 Å². The molecule has 14 heavy (non-hydrogen) atoms. The van der Waals surface area contributed by atoms with Crippen LogP contribution in [-0.2, 0) is 6.42 Å². The van der Waals surface area contributed by atoms with Gasteiger partial charge in [-0.15, -0.1) is 0 Å². The van der Waals surface area contributed by atoms with Crippen molar-refractivity contribution in [3.8, 4) is 5.75 Å². The van der Waals surface area contributed by atoms with E-state index in [-0.39, 0.29) is 0 Å². The molecule has 0 aliphatic heterocycles. The number of hydrogen-bond donors (Lipinski definition) is 1. The van der Waals surface area contributed by atoms with Crippen LogP contribution >= 0.6 is 0 Å². The molecule has 0 atom stereocenters. The standard InChI is InChI=1S/C12H18O2/c1-12(2,13)8-7-10-5-4-6-11(9-10)14-3/h4-6,9,13H,7-8H2,1-3H3. The van der Waals surface area contributed by atoms with Crippen LogP contribution in [0.2, 0.25) is 0 Å². The van der Waals surface area contributed by atoms with Crippen molar-refractivity contribution in [2.24, 2.45) is 0 Å². The highest BCUT2D eigenvalue weighted by Crippen LogP contribution is 2.17. The summed E-state index contributed by atoms with van der Waals surface area (Å²) in [6.45, 7) is 3.65. The Bertz CT molecular complexity index is 287. The maximum Gasteiger partial charge on any atom is 0.119 e. The Hall–Kier alpha value is -1.02. The normalized spacial score (nSPS) is 11.4. The first-order valence-corrected chi connectivity index (χ1v) is 4.86. The van der Waals surface area contributed by atoms with E-state index in [2.05, 4.69) is 0 Å². The third-order valence-electron chi connectivity index (χ3n) is 2.16. The average Bonchev–Trinajstić information content (AvgIpc) is 2.14. The van der Waals surface area contributed by atoms with Crippen molar-refractivity contribution in [3.05, 3.63) is 29.8 Å². The summed E-state index contributed by atoms with van der Waals surface area (Å²) >= 11 is 0. The third-order valence-corrected chi connectivity index (χ3v) is 2.16. The largest absolute Gasteiger partial charge is 0.497 e. The summed E-state index contributed by atoms with van der Waals surface area (Å²) in [7, 11) is 1.66. The van der Waals surface area contributed by atoms with Crippen LogP contribution in [0.4, 0.5) is 0 Å². The Labute approximate surface area is 85.5 Å². The Morgan fingerprint density at radius 3 is 2.64 bits per heavy atom. The van der Waals surface area contributed by atoms with Gasteiger partial charge in [-0.05, 0) is 44.4 Å². The number of rotatable bonds is 4. The second-order valence-corrected chi connectivity index (χ2v) is 4.16. The first-order valence-electron chi connectivity index (χ1n) is 4.86. The highest BCUT2D eigenvalue weighted by atomic mass is 16.5. The van der Waals surface area contributed by atoms with Crippen molar-refractivity contribution < 1.29 is 9.84 Å². The van der Waals surface area contributed by atoms with E-state index >= 15 is 0 Å². The molecule has 1 rings (SSSR count). The summed E-state index contributed by atoms with van der Waals surface area (Å²) in [5.74, 6) is 0.873. The van der Waals surface area contributed by atoms with Crippen LogP contribution in [0.25, 0.3) is 0 Å². The van der Waals surface area contributed by atoms with E-state index in [9.17, 15) is 5.11 Å². The second-order valence-electron chi connectivity index (χ2n) is 4.16. The molecule has 0 fully saturated rings. The number of aryl methyl sites for hydroxylation is 1. The van der Waals surface area contributed by atoms with Crippen LogP contribution in [0, 0.1) is 0 Å². The number of hydrogen-bond acceptors (Lipinski definition) is 2. The maximum atomic E-state index is 9.57. The first kappa shape index (κ1) is 11.1. The van der Waals surface area contributed by atoms with E-state index in [4.69, 9.17) is 4.74 Å². The zero-order chi connectivity index (χ0) is 10.6. The van der Waals surface area contributed by atoms with Crippen molar-refractivity contribution in [2.45, 2.75) is 32.3 Å². The quantitative estimate of drug-likeness (QED) is 0.797. The number of benzene rings is 1. The van der Waals surface area contributed by atoms with Crippen LogP contribution in [0.5, 0.6) is 5.75 Å².